The Balaban J connectivity index is 1.99. The number of nitrogens with one attached hydrogen (secondary N) is 2. The van der Waals surface area contributed by atoms with Crippen molar-refractivity contribution in [1.82, 2.24) is 10.6 Å². The van der Waals surface area contributed by atoms with Gasteiger partial charge < -0.3 is 15.5 Å². The summed E-state index contributed by atoms with van der Waals surface area (Å²) in [5.41, 5.74) is 0.645. The number of amides is 3. The van der Waals surface area contributed by atoms with Crippen molar-refractivity contribution in [3.8, 4) is 0 Å². The lowest BCUT2D eigenvalue weighted by molar-refractivity contribution is -0.117. The summed E-state index contributed by atoms with van der Waals surface area (Å²) in [6.07, 6.45) is 0.258. The van der Waals surface area contributed by atoms with E-state index in [1.807, 2.05) is 6.92 Å². The summed E-state index contributed by atoms with van der Waals surface area (Å²) in [6.45, 7) is 2.76. The van der Waals surface area contributed by atoms with Crippen molar-refractivity contribution in [3.05, 3.63) is 30.1 Å². The molecule has 0 radical (unpaired) electrons. The number of benzene rings is 1. The van der Waals surface area contributed by atoms with Crippen LogP contribution in [0.25, 0.3) is 0 Å². The highest BCUT2D eigenvalue weighted by atomic mass is 19.1. The van der Waals surface area contributed by atoms with E-state index in [-0.39, 0.29) is 30.2 Å². The number of rotatable bonds is 3. The van der Waals surface area contributed by atoms with Gasteiger partial charge in [0.25, 0.3) is 0 Å². The van der Waals surface area contributed by atoms with Crippen LogP contribution in [-0.2, 0) is 4.79 Å². The number of carbonyl (C=O) groups excluding carboxylic acids is 2. The highest BCUT2D eigenvalue weighted by Crippen LogP contribution is 2.21. The molecule has 1 fully saturated rings. The van der Waals surface area contributed by atoms with Crippen LogP contribution in [-0.4, -0.2) is 31.1 Å². The van der Waals surface area contributed by atoms with Crippen molar-refractivity contribution >= 4 is 17.6 Å². The Kier molecular flexibility index (Phi) is 3.99. The van der Waals surface area contributed by atoms with Gasteiger partial charge in [0, 0.05) is 25.2 Å². The third kappa shape index (κ3) is 3.21. The minimum absolute atomic E-state index is 0.0755. The normalized spacial score (nSPS) is 18.5. The van der Waals surface area contributed by atoms with Gasteiger partial charge in [0.1, 0.15) is 5.82 Å². The molecule has 5 nitrogen and oxygen atoms in total. The summed E-state index contributed by atoms with van der Waals surface area (Å²) in [5, 5.41) is 5.35. The minimum atomic E-state index is -0.340. The first-order chi connectivity index (χ1) is 9.10. The Morgan fingerprint density at radius 3 is 2.74 bits per heavy atom. The highest BCUT2D eigenvalue weighted by molar-refractivity contribution is 5.96. The molecule has 0 aliphatic carbocycles. The van der Waals surface area contributed by atoms with E-state index in [0.717, 1.165) is 0 Å². The zero-order chi connectivity index (χ0) is 13.8. The maximum atomic E-state index is 12.8. The Bertz CT molecular complexity index is 475. The smallest absolute Gasteiger partial charge is 0.315 e. The summed E-state index contributed by atoms with van der Waals surface area (Å²) in [6, 6.07) is 5.24. The molecule has 1 saturated heterocycles. The van der Waals surface area contributed by atoms with E-state index in [4.69, 9.17) is 0 Å². The lowest BCUT2D eigenvalue weighted by atomic mass is 10.2. The molecule has 1 aromatic rings. The van der Waals surface area contributed by atoms with Gasteiger partial charge in [-0.2, -0.15) is 0 Å². The number of urea groups is 1. The molecular formula is C13H16FN3O2. The molecule has 1 heterocycles. The van der Waals surface area contributed by atoms with Gasteiger partial charge in [0.2, 0.25) is 5.91 Å². The Hall–Kier alpha value is -2.11. The van der Waals surface area contributed by atoms with Crippen LogP contribution in [0, 0.1) is 5.82 Å². The molecule has 102 valence electrons. The molecule has 19 heavy (non-hydrogen) atoms. The van der Waals surface area contributed by atoms with E-state index in [1.54, 1.807) is 17.0 Å². The van der Waals surface area contributed by atoms with Gasteiger partial charge in [-0.1, -0.05) is 0 Å². The van der Waals surface area contributed by atoms with Crippen LogP contribution in [0.5, 0.6) is 0 Å². The summed E-state index contributed by atoms with van der Waals surface area (Å²) in [5.74, 6) is -0.416. The summed E-state index contributed by atoms with van der Waals surface area (Å²) < 4.78 is 12.8. The van der Waals surface area contributed by atoms with Crippen LogP contribution in [0.2, 0.25) is 0 Å². The fourth-order valence-corrected chi connectivity index (χ4v) is 2.07. The molecule has 1 aliphatic heterocycles. The molecule has 1 aromatic carbocycles. The first-order valence-corrected chi connectivity index (χ1v) is 6.20. The van der Waals surface area contributed by atoms with Crippen LogP contribution in [0.4, 0.5) is 14.9 Å². The largest absolute Gasteiger partial charge is 0.338 e. The molecule has 2 N–H and O–H groups in total. The zero-order valence-corrected chi connectivity index (χ0v) is 10.6. The second kappa shape index (κ2) is 5.69. The molecule has 0 bridgehead atoms. The van der Waals surface area contributed by atoms with Crippen LogP contribution >= 0.6 is 0 Å². The van der Waals surface area contributed by atoms with Gasteiger partial charge in [-0.15, -0.1) is 0 Å². The third-order valence-corrected chi connectivity index (χ3v) is 2.94. The van der Waals surface area contributed by atoms with Crippen molar-refractivity contribution in [2.75, 3.05) is 18.0 Å². The molecule has 3 amide bonds. The summed E-state index contributed by atoms with van der Waals surface area (Å²) >= 11 is 0. The van der Waals surface area contributed by atoms with Crippen LogP contribution in [0.3, 0.4) is 0 Å². The van der Waals surface area contributed by atoms with Crippen molar-refractivity contribution in [3.63, 3.8) is 0 Å². The van der Waals surface area contributed by atoms with Gasteiger partial charge in [0.15, 0.2) is 0 Å². The van der Waals surface area contributed by atoms with E-state index in [9.17, 15) is 14.0 Å². The predicted octanol–water partition coefficient (Wildman–Crippen LogP) is 1.25. The maximum absolute atomic E-state index is 12.8. The second-order valence-electron chi connectivity index (χ2n) is 4.39. The van der Waals surface area contributed by atoms with Crippen LogP contribution < -0.4 is 15.5 Å². The quantitative estimate of drug-likeness (QED) is 0.864. The van der Waals surface area contributed by atoms with Crippen LogP contribution in [0.15, 0.2) is 24.3 Å². The molecular weight excluding hydrogens is 249 g/mol. The average Bonchev–Trinajstić information content (AvgIpc) is 2.71. The van der Waals surface area contributed by atoms with Crippen molar-refractivity contribution < 1.29 is 14.0 Å². The minimum Gasteiger partial charge on any atom is -0.338 e. The lowest BCUT2D eigenvalue weighted by Crippen LogP contribution is -2.43. The SMILES string of the molecule is CCNC(=O)N[C@@H]1CC(=O)N(c2ccc(F)cc2)C1. The molecule has 0 saturated carbocycles. The predicted molar refractivity (Wildman–Crippen MR) is 69.4 cm³/mol. The van der Waals surface area contributed by atoms with E-state index < -0.39 is 0 Å². The molecule has 6 heteroatoms. The number of anilines is 1. The third-order valence-electron chi connectivity index (χ3n) is 2.94. The lowest BCUT2D eigenvalue weighted by Gasteiger charge is -2.17. The van der Waals surface area contributed by atoms with Gasteiger partial charge in [0.05, 0.1) is 6.04 Å². The number of carbonyl (C=O) groups is 2. The van der Waals surface area contributed by atoms with E-state index in [0.29, 0.717) is 18.8 Å². The Labute approximate surface area is 110 Å². The van der Waals surface area contributed by atoms with Gasteiger partial charge in [-0.05, 0) is 31.2 Å². The Morgan fingerprint density at radius 2 is 2.11 bits per heavy atom. The highest BCUT2D eigenvalue weighted by Gasteiger charge is 2.31. The van der Waals surface area contributed by atoms with Crippen molar-refractivity contribution in [1.29, 1.82) is 0 Å². The fourth-order valence-electron chi connectivity index (χ4n) is 2.07. The first-order valence-electron chi connectivity index (χ1n) is 6.20. The molecule has 0 spiro atoms. The van der Waals surface area contributed by atoms with Crippen molar-refractivity contribution in [2.24, 2.45) is 0 Å². The number of nitrogens with zero attached hydrogens (tertiary/aromatic N) is 1. The maximum Gasteiger partial charge on any atom is 0.315 e. The second-order valence-corrected chi connectivity index (χ2v) is 4.39. The van der Waals surface area contributed by atoms with Gasteiger partial charge in [-0.3, -0.25) is 4.79 Å². The fraction of sp³-hybridized carbons (Fsp3) is 0.385. The summed E-state index contributed by atoms with van der Waals surface area (Å²) in [4.78, 5) is 24.8. The van der Waals surface area contributed by atoms with E-state index in [2.05, 4.69) is 10.6 Å². The standard InChI is InChI=1S/C13H16FN3O2/c1-2-15-13(19)16-10-7-12(18)17(8-10)11-5-3-9(14)4-6-11/h3-6,10H,2,7-8H2,1H3,(H2,15,16,19)/t10-/m1/s1. The number of hydrogen-bond acceptors (Lipinski definition) is 2. The van der Waals surface area contributed by atoms with E-state index in [1.165, 1.54) is 12.1 Å². The molecule has 1 atom stereocenters. The zero-order valence-electron chi connectivity index (χ0n) is 10.6. The molecule has 0 unspecified atom stereocenters. The van der Waals surface area contributed by atoms with Crippen LogP contribution in [0.1, 0.15) is 13.3 Å². The molecule has 0 aromatic heterocycles. The first kappa shape index (κ1) is 13.3. The van der Waals surface area contributed by atoms with Gasteiger partial charge in [-0.25, -0.2) is 9.18 Å². The average molecular weight is 265 g/mol. The summed E-state index contributed by atoms with van der Waals surface area (Å²) in [7, 11) is 0. The van der Waals surface area contributed by atoms with Gasteiger partial charge >= 0.3 is 6.03 Å². The monoisotopic (exact) mass is 265 g/mol. The Morgan fingerprint density at radius 1 is 1.42 bits per heavy atom. The van der Waals surface area contributed by atoms with E-state index >= 15 is 0 Å². The number of halogens is 1. The molecule has 2 rings (SSSR count). The van der Waals surface area contributed by atoms with Crippen molar-refractivity contribution in [2.45, 2.75) is 19.4 Å². The number of hydrogen-bond donors (Lipinski definition) is 2. The molecule has 1 aliphatic rings. The topological polar surface area (TPSA) is 61.4 Å².